The lowest BCUT2D eigenvalue weighted by Gasteiger charge is -1.94. The van der Waals surface area contributed by atoms with Crippen molar-refractivity contribution in [3.05, 3.63) is 24.3 Å². The normalized spacial score (nSPS) is 12.4. The van der Waals surface area contributed by atoms with Gasteiger partial charge in [0.25, 0.3) is 0 Å². The second-order valence-electron chi connectivity index (χ2n) is 3.09. The Bertz CT molecular complexity index is 313. The van der Waals surface area contributed by atoms with Gasteiger partial charge in [0.15, 0.2) is 0 Å². The highest BCUT2D eigenvalue weighted by molar-refractivity contribution is 5.70. The first-order valence-corrected chi connectivity index (χ1v) is 5.18. The first-order chi connectivity index (χ1) is 8.33. The summed E-state index contributed by atoms with van der Waals surface area (Å²) in [7, 11) is 0. The maximum Gasteiger partial charge on any atom is 0.212 e. The summed E-state index contributed by atoms with van der Waals surface area (Å²) in [5.41, 5.74) is 0.483. The van der Waals surface area contributed by atoms with Crippen molar-refractivity contribution >= 4 is 12.1 Å². The van der Waals surface area contributed by atoms with Crippen molar-refractivity contribution in [1.29, 1.82) is 0 Å². The average Bonchev–Trinajstić information content (AvgIpc) is 2.94. The molecule has 1 aromatic rings. The number of halogens is 1. The van der Waals surface area contributed by atoms with Crippen LogP contribution in [0.5, 0.6) is 0 Å². The number of nitrogens with one attached hydrogen (secondary N) is 2. The minimum atomic E-state index is -0.559. The Kier molecular flexibility index (Phi) is 9.38. The predicted octanol–water partition coefficient (Wildman–Crippen LogP) is 1.41. The van der Waals surface area contributed by atoms with Gasteiger partial charge in [0.1, 0.15) is 0 Å². The maximum atomic E-state index is 12.1. The SMILES string of the molecule is C#C.C1CCNC1.O=CNc1ccc(F)nc1. The number of terminal acetylenes is 1. The molecule has 5 heteroatoms. The lowest BCUT2D eigenvalue weighted by Crippen LogP contribution is -2.03. The molecule has 0 bridgehead atoms. The van der Waals surface area contributed by atoms with Crippen LogP contribution in [-0.2, 0) is 4.79 Å². The van der Waals surface area contributed by atoms with Crippen LogP contribution in [0.1, 0.15) is 12.8 Å². The lowest BCUT2D eigenvalue weighted by atomic mass is 10.4. The first-order valence-electron chi connectivity index (χ1n) is 5.18. The molecule has 1 aromatic heterocycles. The van der Waals surface area contributed by atoms with Gasteiger partial charge in [-0.25, -0.2) is 4.98 Å². The molecule has 1 amide bonds. The molecule has 0 aromatic carbocycles. The Hall–Kier alpha value is -1.93. The molecule has 1 aliphatic heterocycles. The Labute approximate surface area is 101 Å². The summed E-state index contributed by atoms with van der Waals surface area (Å²) in [4.78, 5) is 13.1. The van der Waals surface area contributed by atoms with Crippen molar-refractivity contribution in [2.75, 3.05) is 18.4 Å². The Morgan fingerprint density at radius 2 is 2.00 bits per heavy atom. The van der Waals surface area contributed by atoms with E-state index in [2.05, 4.69) is 28.5 Å². The molecule has 92 valence electrons. The topological polar surface area (TPSA) is 54.0 Å². The van der Waals surface area contributed by atoms with E-state index in [1.165, 1.54) is 44.3 Å². The number of hydrogen-bond acceptors (Lipinski definition) is 3. The minimum absolute atomic E-state index is 0.483. The van der Waals surface area contributed by atoms with Crippen LogP contribution in [0.25, 0.3) is 0 Å². The smallest absolute Gasteiger partial charge is 0.212 e. The van der Waals surface area contributed by atoms with E-state index in [9.17, 15) is 9.18 Å². The monoisotopic (exact) mass is 237 g/mol. The van der Waals surface area contributed by atoms with Gasteiger partial charge in [0, 0.05) is 0 Å². The molecule has 1 fully saturated rings. The molecule has 1 aliphatic rings. The van der Waals surface area contributed by atoms with Crippen molar-refractivity contribution < 1.29 is 9.18 Å². The highest BCUT2D eigenvalue weighted by Gasteiger charge is 1.93. The molecule has 0 radical (unpaired) electrons. The molecule has 0 spiro atoms. The van der Waals surface area contributed by atoms with Crippen LogP contribution in [0.3, 0.4) is 0 Å². The van der Waals surface area contributed by atoms with E-state index >= 15 is 0 Å². The van der Waals surface area contributed by atoms with Gasteiger partial charge >= 0.3 is 0 Å². The fourth-order valence-corrected chi connectivity index (χ4v) is 1.15. The Balaban J connectivity index is 0.000000306. The van der Waals surface area contributed by atoms with Crippen molar-refractivity contribution in [1.82, 2.24) is 10.3 Å². The highest BCUT2D eigenvalue weighted by Crippen LogP contribution is 2.02. The maximum absolute atomic E-state index is 12.1. The van der Waals surface area contributed by atoms with E-state index in [0.717, 1.165) is 0 Å². The number of rotatable bonds is 2. The van der Waals surface area contributed by atoms with Gasteiger partial charge < -0.3 is 10.6 Å². The number of hydrogen-bond donors (Lipinski definition) is 2. The third-order valence-electron chi connectivity index (χ3n) is 1.91. The number of carbonyl (C=O) groups is 1. The second-order valence-corrected chi connectivity index (χ2v) is 3.09. The van der Waals surface area contributed by atoms with Crippen LogP contribution >= 0.6 is 0 Å². The number of amides is 1. The molecule has 2 N–H and O–H groups in total. The van der Waals surface area contributed by atoms with Crippen LogP contribution < -0.4 is 10.6 Å². The number of aromatic nitrogens is 1. The molecular formula is C12H16FN3O. The van der Waals surface area contributed by atoms with Crippen molar-refractivity contribution in [3.63, 3.8) is 0 Å². The minimum Gasteiger partial charge on any atom is -0.327 e. The Morgan fingerprint density at radius 3 is 2.35 bits per heavy atom. The van der Waals surface area contributed by atoms with Crippen molar-refractivity contribution in [2.24, 2.45) is 0 Å². The van der Waals surface area contributed by atoms with Crippen LogP contribution in [0.15, 0.2) is 18.3 Å². The molecular weight excluding hydrogens is 221 g/mol. The van der Waals surface area contributed by atoms with Gasteiger partial charge in [-0.05, 0) is 38.1 Å². The van der Waals surface area contributed by atoms with Gasteiger partial charge in [-0.1, -0.05) is 0 Å². The molecule has 17 heavy (non-hydrogen) atoms. The van der Waals surface area contributed by atoms with Gasteiger partial charge in [-0.15, -0.1) is 12.8 Å². The summed E-state index contributed by atoms with van der Waals surface area (Å²) < 4.78 is 12.1. The standard InChI is InChI=1S/C6H5FN2O.C4H9N.C2H2/c7-6-2-1-5(3-8-6)9-4-10;1-2-4-5-3-1;1-2/h1-4H,(H,9,10);5H,1-4H2;1-2H. The van der Waals surface area contributed by atoms with Crippen molar-refractivity contribution in [2.45, 2.75) is 12.8 Å². The molecule has 0 saturated carbocycles. The van der Waals surface area contributed by atoms with Crippen LogP contribution in [0.2, 0.25) is 0 Å². The van der Waals surface area contributed by atoms with Crippen LogP contribution in [0.4, 0.5) is 10.1 Å². The molecule has 2 heterocycles. The summed E-state index contributed by atoms with van der Waals surface area (Å²) in [6.45, 7) is 2.50. The third-order valence-corrected chi connectivity index (χ3v) is 1.91. The van der Waals surface area contributed by atoms with E-state index in [0.29, 0.717) is 12.1 Å². The third kappa shape index (κ3) is 7.94. The lowest BCUT2D eigenvalue weighted by molar-refractivity contribution is -0.105. The molecule has 0 unspecified atom stereocenters. The zero-order valence-electron chi connectivity index (χ0n) is 9.53. The molecule has 0 aliphatic carbocycles. The van der Waals surface area contributed by atoms with E-state index < -0.39 is 5.95 Å². The quantitative estimate of drug-likeness (QED) is 0.464. The summed E-state index contributed by atoms with van der Waals surface area (Å²) >= 11 is 0. The Morgan fingerprint density at radius 1 is 1.35 bits per heavy atom. The fraction of sp³-hybridized carbons (Fsp3) is 0.333. The average molecular weight is 237 g/mol. The zero-order chi connectivity index (χ0) is 12.9. The van der Waals surface area contributed by atoms with Crippen molar-refractivity contribution in [3.8, 4) is 12.8 Å². The van der Waals surface area contributed by atoms with Crippen LogP contribution in [-0.4, -0.2) is 24.5 Å². The zero-order valence-corrected chi connectivity index (χ0v) is 9.53. The van der Waals surface area contributed by atoms with E-state index in [1.807, 2.05) is 0 Å². The molecule has 0 atom stereocenters. The van der Waals surface area contributed by atoms with Gasteiger partial charge in [0.05, 0.1) is 11.9 Å². The predicted molar refractivity (Wildman–Crippen MR) is 65.9 cm³/mol. The summed E-state index contributed by atoms with van der Waals surface area (Å²) in [5, 5.41) is 5.55. The number of pyridine rings is 1. The molecule has 2 rings (SSSR count). The largest absolute Gasteiger partial charge is 0.327 e. The summed E-state index contributed by atoms with van der Waals surface area (Å²) in [5.74, 6) is -0.559. The fourth-order valence-electron chi connectivity index (χ4n) is 1.15. The van der Waals surface area contributed by atoms with Gasteiger partial charge in [0.2, 0.25) is 12.4 Å². The number of nitrogens with zero attached hydrogens (tertiary/aromatic N) is 1. The number of carbonyl (C=O) groups excluding carboxylic acids is 1. The van der Waals surface area contributed by atoms with E-state index in [1.54, 1.807) is 0 Å². The highest BCUT2D eigenvalue weighted by atomic mass is 19.1. The van der Waals surface area contributed by atoms with Crippen LogP contribution in [0, 0.1) is 18.8 Å². The number of anilines is 1. The molecule has 4 nitrogen and oxygen atoms in total. The second kappa shape index (κ2) is 10.6. The molecule has 1 saturated heterocycles. The van der Waals surface area contributed by atoms with Gasteiger partial charge in [-0.2, -0.15) is 4.39 Å². The van der Waals surface area contributed by atoms with Gasteiger partial charge in [-0.3, -0.25) is 4.79 Å². The van der Waals surface area contributed by atoms with E-state index in [-0.39, 0.29) is 0 Å². The van der Waals surface area contributed by atoms with E-state index in [4.69, 9.17) is 0 Å². The summed E-state index contributed by atoms with van der Waals surface area (Å²) in [6, 6.07) is 2.60. The summed E-state index contributed by atoms with van der Waals surface area (Å²) in [6.07, 6.45) is 12.5. The first kappa shape index (κ1) is 15.1.